The van der Waals surface area contributed by atoms with E-state index in [2.05, 4.69) is 10.2 Å². The van der Waals surface area contributed by atoms with Gasteiger partial charge in [0.25, 0.3) is 0 Å². The van der Waals surface area contributed by atoms with Crippen molar-refractivity contribution >= 4 is 12.0 Å². The molecule has 2 amide bonds. The molecule has 0 aromatic carbocycles. The maximum atomic E-state index is 12.3. The number of likely N-dealkylation sites (tertiary alicyclic amines) is 1. The van der Waals surface area contributed by atoms with Gasteiger partial charge in [0, 0.05) is 25.7 Å². The highest BCUT2D eigenvalue weighted by atomic mass is 16.4. The van der Waals surface area contributed by atoms with Crippen LogP contribution in [-0.4, -0.2) is 66.7 Å². The number of nitrogens with one attached hydrogen (secondary N) is 1. The quantitative estimate of drug-likeness (QED) is 0.746. The summed E-state index contributed by atoms with van der Waals surface area (Å²) in [5, 5.41) is 12.0. The summed E-state index contributed by atoms with van der Waals surface area (Å²) < 4.78 is 0. The van der Waals surface area contributed by atoms with Crippen molar-refractivity contribution < 1.29 is 14.7 Å². The molecule has 0 aromatic rings. The minimum atomic E-state index is -0.838. The number of amides is 2. The Balaban J connectivity index is 2.49. The van der Waals surface area contributed by atoms with Crippen LogP contribution in [0.5, 0.6) is 0 Å². The van der Waals surface area contributed by atoms with Crippen molar-refractivity contribution in [3.63, 3.8) is 0 Å². The minimum absolute atomic E-state index is 0.130. The minimum Gasteiger partial charge on any atom is -0.481 e. The van der Waals surface area contributed by atoms with Crippen LogP contribution in [0.3, 0.4) is 0 Å². The average Bonchev–Trinajstić information content (AvgIpc) is 2.80. The molecule has 21 heavy (non-hydrogen) atoms. The van der Waals surface area contributed by atoms with E-state index in [9.17, 15) is 14.7 Å². The molecule has 0 aromatic heterocycles. The molecule has 122 valence electrons. The zero-order valence-corrected chi connectivity index (χ0v) is 13.6. The van der Waals surface area contributed by atoms with Crippen molar-refractivity contribution in [3.05, 3.63) is 0 Å². The highest BCUT2D eigenvalue weighted by molar-refractivity contribution is 5.76. The molecule has 6 heteroatoms. The van der Waals surface area contributed by atoms with Gasteiger partial charge in [-0.25, -0.2) is 4.79 Å². The van der Waals surface area contributed by atoms with Gasteiger partial charge >= 0.3 is 12.0 Å². The van der Waals surface area contributed by atoms with Gasteiger partial charge < -0.3 is 20.2 Å². The van der Waals surface area contributed by atoms with Crippen LogP contribution in [0.1, 0.15) is 33.1 Å². The van der Waals surface area contributed by atoms with E-state index in [1.54, 1.807) is 0 Å². The number of carbonyl (C=O) groups excluding carboxylic acids is 1. The number of carbonyl (C=O) groups is 2. The Bertz CT molecular complexity index is 358. The van der Waals surface area contributed by atoms with Gasteiger partial charge in [-0.2, -0.15) is 0 Å². The largest absolute Gasteiger partial charge is 0.481 e. The standard InChI is InChI=1S/C15H29N3O3/c1-11(2)8-12(14(19)20)9-16-15(21)18-7-5-6-13(18)10-17(3)4/h11-13H,5-10H2,1-4H3,(H,16,21)(H,19,20). The second-order valence-corrected chi connectivity index (χ2v) is 6.60. The summed E-state index contributed by atoms with van der Waals surface area (Å²) >= 11 is 0. The SMILES string of the molecule is CC(C)CC(CNC(=O)N1CCCC1CN(C)C)C(=O)O. The van der Waals surface area contributed by atoms with Crippen LogP contribution < -0.4 is 5.32 Å². The Morgan fingerprint density at radius 3 is 2.57 bits per heavy atom. The molecule has 1 aliphatic heterocycles. The van der Waals surface area contributed by atoms with Crippen molar-refractivity contribution in [2.45, 2.75) is 39.2 Å². The lowest BCUT2D eigenvalue weighted by Crippen LogP contribution is -2.47. The summed E-state index contributed by atoms with van der Waals surface area (Å²) in [5.74, 6) is -1.05. The third-order valence-corrected chi connectivity index (χ3v) is 3.82. The molecule has 1 rings (SSSR count). The smallest absolute Gasteiger partial charge is 0.317 e. The number of carboxylic acids is 1. The molecule has 0 spiro atoms. The fourth-order valence-electron chi connectivity index (χ4n) is 2.87. The lowest BCUT2D eigenvalue weighted by molar-refractivity contribution is -0.142. The van der Waals surface area contributed by atoms with Gasteiger partial charge in [0.05, 0.1) is 5.92 Å². The van der Waals surface area contributed by atoms with Gasteiger partial charge in [0.15, 0.2) is 0 Å². The van der Waals surface area contributed by atoms with Crippen LogP contribution in [0.2, 0.25) is 0 Å². The summed E-state index contributed by atoms with van der Waals surface area (Å²) in [6, 6.07) is 0.0998. The Hall–Kier alpha value is -1.30. The van der Waals surface area contributed by atoms with Gasteiger partial charge in [-0.3, -0.25) is 4.79 Å². The molecular weight excluding hydrogens is 270 g/mol. The number of aliphatic carboxylic acids is 1. The van der Waals surface area contributed by atoms with Gasteiger partial charge in [0.1, 0.15) is 0 Å². The average molecular weight is 299 g/mol. The molecule has 2 unspecified atom stereocenters. The predicted octanol–water partition coefficient (Wildman–Crippen LogP) is 1.47. The maximum Gasteiger partial charge on any atom is 0.317 e. The van der Waals surface area contributed by atoms with E-state index < -0.39 is 11.9 Å². The summed E-state index contributed by atoms with van der Waals surface area (Å²) in [5.41, 5.74) is 0. The van der Waals surface area contributed by atoms with E-state index in [0.29, 0.717) is 12.3 Å². The molecule has 1 heterocycles. The number of likely N-dealkylation sites (N-methyl/N-ethyl adjacent to an activating group) is 1. The zero-order chi connectivity index (χ0) is 16.0. The molecule has 1 aliphatic rings. The second-order valence-electron chi connectivity index (χ2n) is 6.60. The number of hydrogen-bond acceptors (Lipinski definition) is 3. The van der Waals surface area contributed by atoms with Crippen LogP contribution in [-0.2, 0) is 4.79 Å². The van der Waals surface area contributed by atoms with Crippen LogP contribution in [0.25, 0.3) is 0 Å². The molecule has 0 aliphatic carbocycles. The van der Waals surface area contributed by atoms with Crippen molar-refractivity contribution in [1.29, 1.82) is 0 Å². The number of urea groups is 1. The first kappa shape index (κ1) is 17.8. The van der Waals surface area contributed by atoms with E-state index in [4.69, 9.17) is 0 Å². The fourth-order valence-corrected chi connectivity index (χ4v) is 2.87. The number of nitrogens with zero attached hydrogens (tertiary/aromatic N) is 2. The number of rotatable bonds is 7. The summed E-state index contributed by atoms with van der Waals surface area (Å²) in [6.07, 6.45) is 2.61. The molecule has 0 saturated carbocycles. The van der Waals surface area contributed by atoms with Gasteiger partial charge in [0.2, 0.25) is 0 Å². The van der Waals surface area contributed by atoms with Crippen molar-refractivity contribution in [3.8, 4) is 0 Å². The van der Waals surface area contributed by atoms with Crippen LogP contribution in [0.15, 0.2) is 0 Å². The Labute approximate surface area is 127 Å². The van der Waals surface area contributed by atoms with Crippen molar-refractivity contribution in [2.24, 2.45) is 11.8 Å². The monoisotopic (exact) mass is 299 g/mol. The highest BCUT2D eigenvalue weighted by Gasteiger charge is 2.29. The van der Waals surface area contributed by atoms with Crippen LogP contribution in [0.4, 0.5) is 4.79 Å². The third-order valence-electron chi connectivity index (χ3n) is 3.82. The molecule has 1 fully saturated rings. The van der Waals surface area contributed by atoms with E-state index in [1.807, 2.05) is 32.8 Å². The zero-order valence-electron chi connectivity index (χ0n) is 13.6. The molecule has 0 radical (unpaired) electrons. The van der Waals surface area contributed by atoms with E-state index in [1.165, 1.54) is 0 Å². The summed E-state index contributed by atoms with van der Waals surface area (Å²) in [4.78, 5) is 27.4. The molecule has 2 atom stereocenters. The molecule has 0 bridgehead atoms. The molecule has 2 N–H and O–H groups in total. The summed E-state index contributed by atoms with van der Waals surface area (Å²) in [6.45, 7) is 5.79. The second kappa shape index (κ2) is 8.22. The van der Waals surface area contributed by atoms with Gasteiger partial charge in [-0.05, 0) is 39.3 Å². The highest BCUT2D eigenvalue weighted by Crippen LogP contribution is 2.18. The topological polar surface area (TPSA) is 72.9 Å². The first-order valence-corrected chi connectivity index (χ1v) is 7.73. The lowest BCUT2D eigenvalue weighted by atomic mass is 9.97. The Kier molecular flexibility index (Phi) is 6.95. The van der Waals surface area contributed by atoms with E-state index in [-0.39, 0.29) is 18.6 Å². The third kappa shape index (κ3) is 5.91. The normalized spacial score (nSPS) is 20.1. The van der Waals surface area contributed by atoms with E-state index >= 15 is 0 Å². The molecule has 1 saturated heterocycles. The van der Waals surface area contributed by atoms with Crippen LogP contribution in [0, 0.1) is 11.8 Å². The Morgan fingerprint density at radius 2 is 2.05 bits per heavy atom. The first-order chi connectivity index (χ1) is 9.81. The fraction of sp³-hybridized carbons (Fsp3) is 0.867. The van der Waals surface area contributed by atoms with Crippen molar-refractivity contribution in [2.75, 3.05) is 33.7 Å². The van der Waals surface area contributed by atoms with Crippen molar-refractivity contribution in [1.82, 2.24) is 15.1 Å². The predicted molar refractivity (Wildman–Crippen MR) is 82.3 cm³/mol. The molecule has 6 nitrogen and oxygen atoms in total. The van der Waals surface area contributed by atoms with Crippen LogP contribution >= 0.6 is 0 Å². The maximum absolute atomic E-state index is 12.3. The van der Waals surface area contributed by atoms with Gasteiger partial charge in [-0.15, -0.1) is 0 Å². The van der Waals surface area contributed by atoms with Gasteiger partial charge in [-0.1, -0.05) is 13.8 Å². The van der Waals surface area contributed by atoms with E-state index in [0.717, 1.165) is 25.9 Å². The number of hydrogen-bond donors (Lipinski definition) is 2. The first-order valence-electron chi connectivity index (χ1n) is 7.73. The molecular formula is C15H29N3O3. The Morgan fingerprint density at radius 1 is 1.38 bits per heavy atom. The number of carboxylic acid groups (broad SMARTS) is 1. The summed E-state index contributed by atoms with van der Waals surface area (Å²) in [7, 11) is 4.00. The lowest BCUT2D eigenvalue weighted by Gasteiger charge is -2.28.